The highest BCUT2D eigenvalue weighted by Crippen LogP contribution is 2.60. The highest BCUT2D eigenvalue weighted by Gasteiger charge is 2.54. The molecule has 6 heteroatoms. The van der Waals surface area contributed by atoms with Crippen molar-refractivity contribution in [1.82, 2.24) is 20.1 Å². The second kappa shape index (κ2) is 9.20. The van der Waals surface area contributed by atoms with Gasteiger partial charge in [0.15, 0.2) is 11.0 Å². The van der Waals surface area contributed by atoms with Crippen LogP contribution < -0.4 is 5.32 Å². The third-order valence-corrected chi connectivity index (χ3v) is 9.32. The first-order chi connectivity index (χ1) is 15.5. The molecule has 2 aromatic rings. The molecule has 1 N–H and O–H groups in total. The summed E-state index contributed by atoms with van der Waals surface area (Å²) in [5.41, 5.74) is 1.20. The molecule has 4 fully saturated rings. The molecule has 0 aliphatic heterocycles. The van der Waals surface area contributed by atoms with Crippen molar-refractivity contribution < 1.29 is 4.79 Å². The van der Waals surface area contributed by atoms with Gasteiger partial charge in [-0.25, -0.2) is 0 Å². The Morgan fingerprint density at radius 3 is 2.41 bits per heavy atom. The lowest BCUT2D eigenvalue weighted by Gasteiger charge is -2.55. The van der Waals surface area contributed by atoms with Crippen molar-refractivity contribution in [3.63, 3.8) is 0 Å². The number of aryl methyl sites for hydroxylation is 1. The average Bonchev–Trinajstić information content (AvgIpc) is 3.16. The lowest BCUT2D eigenvalue weighted by atomic mass is 9.49. The second-order valence-corrected chi connectivity index (χ2v) is 11.9. The van der Waals surface area contributed by atoms with E-state index in [1.165, 1.54) is 24.8 Å². The zero-order chi connectivity index (χ0) is 22.1. The molecule has 5 nitrogen and oxygen atoms in total. The number of nitrogens with one attached hydrogen (secondary N) is 1. The summed E-state index contributed by atoms with van der Waals surface area (Å²) in [5, 5.41) is 13.8. The van der Waals surface area contributed by atoms with E-state index in [0.29, 0.717) is 11.8 Å². The maximum absolute atomic E-state index is 13.4. The van der Waals surface area contributed by atoms with E-state index >= 15 is 0 Å². The second-order valence-electron chi connectivity index (χ2n) is 10.5. The summed E-state index contributed by atoms with van der Waals surface area (Å²) >= 11 is 1.78. The number of carbonyl (C=O) groups excluding carboxylic acids is 1. The Morgan fingerprint density at radius 2 is 1.78 bits per heavy atom. The van der Waals surface area contributed by atoms with E-state index in [1.807, 2.05) is 0 Å². The molecule has 1 heterocycles. The monoisotopic (exact) mass is 452 g/mol. The lowest BCUT2D eigenvalue weighted by molar-refractivity contribution is -0.146. The summed E-state index contributed by atoms with van der Waals surface area (Å²) < 4.78 is 2.23. The quantitative estimate of drug-likeness (QED) is 0.528. The molecule has 1 aromatic heterocycles. The van der Waals surface area contributed by atoms with Crippen LogP contribution in [0.2, 0.25) is 0 Å². The van der Waals surface area contributed by atoms with Crippen molar-refractivity contribution in [2.24, 2.45) is 23.2 Å². The van der Waals surface area contributed by atoms with Gasteiger partial charge < -0.3 is 9.88 Å². The summed E-state index contributed by atoms with van der Waals surface area (Å²) in [6.07, 6.45) is 9.39. The number of benzene rings is 1. The van der Waals surface area contributed by atoms with E-state index in [9.17, 15) is 4.79 Å². The van der Waals surface area contributed by atoms with Crippen molar-refractivity contribution in [1.29, 1.82) is 0 Å². The summed E-state index contributed by atoms with van der Waals surface area (Å²) in [7, 11) is 0. The van der Waals surface area contributed by atoms with E-state index in [0.717, 1.165) is 67.4 Å². The Morgan fingerprint density at radius 1 is 1.12 bits per heavy atom. The maximum atomic E-state index is 13.4. The predicted octanol–water partition coefficient (Wildman–Crippen LogP) is 5.24. The maximum Gasteiger partial charge on any atom is 0.226 e. The number of nitrogens with zero attached hydrogens (tertiary/aromatic N) is 3. The molecular formula is C26H36N4OS. The van der Waals surface area contributed by atoms with Gasteiger partial charge in [0.25, 0.3) is 0 Å². The highest BCUT2D eigenvalue weighted by atomic mass is 32.2. The van der Waals surface area contributed by atoms with Crippen LogP contribution in [0.1, 0.15) is 70.2 Å². The van der Waals surface area contributed by atoms with E-state index in [-0.39, 0.29) is 11.3 Å². The molecule has 0 spiro atoms. The molecule has 1 amide bonds. The van der Waals surface area contributed by atoms with Crippen LogP contribution in [0.5, 0.6) is 0 Å². The standard InChI is InChI=1S/C26H36N4OS/c1-3-18(2)32-25-29-28-23(30(25)10-9-19-7-5-4-6-8-19)17-27-24(31)26-14-20-11-21(15-26)13-22(12-20)16-26/h4-8,18,20-22H,3,9-17H2,1-2H3,(H,27,31)/t18-,20?,21?,22?,26?/m1/s1. The fourth-order valence-electron chi connectivity index (χ4n) is 6.65. The lowest BCUT2D eigenvalue weighted by Crippen LogP contribution is -2.53. The molecule has 0 saturated heterocycles. The molecule has 4 saturated carbocycles. The van der Waals surface area contributed by atoms with Gasteiger partial charge in [-0.15, -0.1) is 10.2 Å². The molecule has 4 aliphatic rings. The fourth-order valence-corrected chi connectivity index (χ4v) is 7.58. The van der Waals surface area contributed by atoms with Crippen LogP contribution in [-0.4, -0.2) is 25.9 Å². The summed E-state index contributed by atoms with van der Waals surface area (Å²) in [5.74, 6) is 3.48. The minimum Gasteiger partial charge on any atom is -0.348 e. The van der Waals surface area contributed by atoms with E-state index in [2.05, 4.69) is 64.3 Å². The van der Waals surface area contributed by atoms with Crippen LogP contribution in [0.15, 0.2) is 35.5 Å². The topological polar surface area (TPSA) is 59.8 Å². The van der Waals surface area contributed by atoms with Gasteiger partial charge in [-0.2, -0.15) is 0 Å². The van der Waals surface area contributed by atoms with Crippen LogP contribution >= 0.6 is 11.8 Å². The zero-order valence-electron chi connectivity index (χ0n) is 19.4. The number of carbonyl (C=O) groups is 1. The third kappa shape index (κ3) is 4.48. The summed E-state index contributed by atoms with van der Waals surface area (Å²) in [4.78, 5) is 13.4. The van der Waals surface area contributed by atoms with Crippen LogP contribution in [-0.2, 0) is 24.3 Å². The van der Waals surface area contributed by atoms with Crippen LogP contribution in [0, 0.1) is 23.2 Å². The van der Waals surface area contributed by atoms with Crippen molar-refractivity contribution >= 4 is 17.7 Å². The van der Waals surface area contributed by atoms with E-state index < -0.39 is 0 Å². The summed E-state index contributed by atoms with van der Waals surface area (Å²) in [6, 6.07) is 10.6. The van der Waals surface area contributed by atoms with E-state index in [4.69, 9.17) is 0 Å². The Labute approximate surface area is 196 Å². The Bertz CT molecular complexity index is 905. The SMILES string of the molecule is CC[C@@H](C)Sc1nnc(CNC(=O)C23CC4CC(CC(C4)C2)C3)n1CCc1ccccc1. The normalized spacial score (nSPS) is 29.2. The zero-order valence-corrected chi connectivity index (χ0v) is 20.2. The summed E-state index contributed by atoms with van der Waals surface area (Å²) in [6.45, 7) is 5.74. The van der Waals surface area contributed by atoms with Crippen molar-refractivity contribution in [3.05, 3.63) is 41.7 Å². The van der Waals surface area contributed by atoms with Crippen molar-refractivity contribution in [2.75, 3.05) is 0 Å². The molecule has 32 heavy (non-hydrogen) atoms. The number of amides is 1. The number of thioether (sulfide) groups is 1. The van der Waals surface area contributed by atoms with E-state index in [1.54, 1.807) is 11.8 Å². The Balaban J connectivity index is 1.29. The van der Waals surface area contributed by atoms with Crippen molar-refractivity contribution in [2.45, 2.75) is 88.7 Å². The highest BCUT2D eigenvalue weighted by molar-refractivity contribution is 7.99. The minimum absolute atomic E-state index is 0.113. The van der Waals surface area contributed by atoms with Crippen molar-refractivity contribution in [3.8, 4) is 0 Å². The van der Waals surface area contributed by atoms with Gasteiger partial charge >= 0.3 is 0 Å². The van der Waals surface area contributed by atoms with Gasteiger partial charge in [0.05, 0.1) is 6.54 Å². The van der Waals surface area contributed by atoms with Gasteiger partial charge in [0.1, 0.15) is 0 Å². The molecule has 172 valence electrons. The first-order valence-corrected chi connectivity index (χ1v) is 13.3. The average molecular weight is 453 g/mol. The molecule has 1 aromatic carbocycles. The van der Waals surface area contributed by atoms with Crippen LogP contribution in [0.25, 0.3) is 0 Å². The Hall–Kier alpha value is -1.82. The number of rotatable bonds is 9. The van der Waals surface area contributed by atoms with Gasteiger partial charge in [-0.05, 0) is 74.7 Å². The van der Waals surface area contributed by atoms with Gasteiger partial charge in [-0.3, -0.25) is 4.79 Å². The van der Waals surface area contributed by atoms with Crippen LogP contribution in [0.4, 0.5) is 0 Å². The molecule has 1 atom stereocenters. The fraction of sp³-hybridized carbons (Fsp3) is 0.654. The molecular weight excluding hydrogens is 416 g/mol. The first kappa shape index (κ1) is 22.0. The first-order valence-electron chi connectivity index (χ1n) is 12.5. The van der Waals surface area contributed by atoms with Gasteiger partial charge in [0.2, 0.25) is 5.91 Å². The third-order valence-electron chi connectivity index (χ3n) is 8.07. The number of hydrogen-bond acceptors (Lipinski definition) is 4. The predicted molar refractivity (Wildman–Crippen MR) is 128 cm³/mol. The molecule has 4 aliphatic carbocycles. The minimum atomic E-state index is -0.113. The number of hydrogen-bond donors (Lipinski definition) is 1. The largest absolute Gasteiger partial charge is 0.348 e. The Kier molecular flexibility index (Phi) is 6.33. The molecule has 0 radical (unpaired) electrons. The molecule has 0 unspecified atom stereocenters. The molecule has 6 rings (SSSR count). The van der Waals surface area contributed by atoms with Gasteiger partial charge in [-0.1, -0.05) is 55.9 Å². The molecule has 4 bridgehead atoms. The van der Waals surface area contributed by atoms with Gasteiger partial charge in [0, 0.05) is 17.2 Å². The van der Waals surface area contributed by atoms with Crippen LogP contribution in [0.3, 0.4) is 0 Å². The number of aromatic nitrogens is 3. The smallest absolute Gasteiger partial charge is 0.226 e.